The summed E-state index contributed by atoms with van der Waals surface area (Å²) in [6.07, 6.45) is 25.0. The number of benzene rings is 1. The van der Waals surface area contributed by atoms with Crippen LogP contribution in [-0.2, 0) is 6.42 Å². The largest absolute Gasteiger partial charge is 0.374 e. The number of aromatic nitrogens is 1. The van der Waals surface area contributed by atoms with Crippen molar-refractivity contribution < 1.29 is 0 Å². The van der Waals surface area contributed by atoms with E-state index in [2.05, 4.69) is 98.6 Å². The van der Waals surface area contributed by atoms with Crippen molar-refractivity contribution in [3.63, 3.8) is 0 Å². The van der Waals surface area contributed by atoms with Crippen LogP contribution in [0.3, 0.4) is 0 Å². The minimum Gasteiger partial charge on any atom is -0.374 e. The van der Waals surface area contributed by atoms with Crippen molar-refractivity contribution in [3.05, 3.63) is 115 Å². The maximum absolute atomic E-state index is 4.73. The average Bonchev–Trinajstić information content (AvgIpc) is 3.53. The fourth-order valence-corrected chi connectivity index (χ4v) is 5.33. The van der Waals surface area contributed by atoms with Gasteiger partial charge >= 0.3 is 0 Å². The highest BCUT2D eigenvalue weighted by Crippen LogP contribution is 2.38. The van der Waals surface area contributed by atoms with E-state index < -0.39 is 0 Å². The Balaban J connectivity index is 2.13. The molecule has 1 saturated carbocycles. The fourth-order valence-electron chi connectivity index (χ4n) is 5.33. The molecule has 1 heterocycles. The maximum Gasteiger partial charge on any atom is 0.0734 e. The molecule has 1 aliphatic carbocycles. The third-order valence-electron chi connectivity index (χ3n) is 7.11. The Labute approximate surface area is 219 Å². The molecule has 1 unspecified atom stereocenters. The van der Waals surface area contributed by atoms with Crippen LogP contribution in [0.25, 0.3) is 11.6 Å². The summed E-state index contributed by atoms with van der Waals surface area (Å²) < 4.78 is 2.57. The van der Waals surface area contributed by atoms with Gasteiger partial charge in [0, 0.05) is 34.7 Å². The summed E-state index contributed by atoms with van der Waals surface area (Å²) in [4.78, 5) is 0. The molecule has 2 aromatic rings. The van der Waals surface area contributed by atoms with Crippen LogP contribution in [0.2, 0.25) is 0 Å². The third kappa shape index (κ3) is 6.69. The summed E-state index contributed by atoms with van der Waals surface area (Å²) in [7, 11) is 0. The van der Waals surface area contributed by atoms with Gasteiger partial charge in [0.25, 0.3) is 0 Å². The normalized spacial score (nSPS) is 15.6. The smallest absolute Gasteiger partial charge is 0.0734 e. The summed E-state index contributed by atoms with van der Waals surface area (Å²) in [5.74, 6) is 0. The third-order valence-corrected chi connectivity index (χ3v) is 7.11. The minimum absolute atomic E-state index is 0.0582. The highest BCUT2D eigenvalue weighted by molar-refractivity contribution is 5.81. The molecule has 1 N–H and O–H groups in total. The first-order chi connectivity index (χ1) is 17.5. The number of hydrogen-bond donors (Lipinski definition) is 1. The van der Waals surface area contributed by atoms with Crippen LogP contribution >= 0.6 is 0 Å². The molecule has 2 heteroatoms. The number of hydrogen-bond acceptors (Lipinski definition) is 1. The van der Waals surface area contributed by atoms with Crippen LogP contribution in [0, 0.1) is 6.92 Å². The van der Waals surface area contributed by atoms with Gasteiger partial charge in [0.2, 0.25) is 0 Å². The van der Waals surface area contributed by atoms with Gasteiger partial charge in [0.05, 0.1) is 6.04 Å². The second kappa shape index (κ2) is 13.7. The van der Waals surface area contributed by atoms with Gasteiger partial charge in [0.15, 0.2) is 0 Å². The lowest BCUT2D eigenvalue weighted by molar-refractivity contribution is 0.504. The SMILES string of the molecule is C=C/C=C/C/C(=C\C=C)C(Nc1cccc(C)c1)C(=C)c1cn(C2CCCC2)c(CC)c1/C=C\CC. The van der Waals surface area contributed by atoms with Gasteiger partial charge in [-0.15, -0.1) is 0 Å². The Bertz CT molecular complexity index is 1130. The van der Waals surface area contributed by atoms with Gasteiger partial charge in [0.1, 0.15) is 0 Å². The van der Waals surface area contributed by atoms with Crippen molar-refractivity contribution in [1.29, 1.82) is 0 Å². The Morgan fingerprint density at radius 2 is 1.92 bits per heavy atom. The first-order valence-electron chi connectivity index (χ1n) is 13.6. The average molecular weight is 481 g/mol. The minimum atomic E-state index is -0.0582. The van der Waals surface area contributed by atoms with E-state index >= 15 is 0 Å². The lowest BCUT2D eigenvalue weighted by Crippen LogP contribution is -2.24. The van der Waals surface area contributed by atoms with E-state index in [0.717, 1.165) is 30.5 Å². The second-order valence-electron chi connectivity index (χ2n) is 9.73. The molecule has 190 valence electrons. The van der Waals surface area contributed by atoms with E-state index in [4.69, 9.17) is 6.58 Å². The molecule has 0 bridgehead atoms. The van der Waals surface area contributed by atoms with E-state index in [1.807, 2.05) is 18.2 Å². The van der Waals surface area contributed by atoms with Crippen LogP contribution in [0.1, 0.15) is 80.8 Å². The van der Waals surface area contributed by atoms with E-state index in [1.165, 1.54) is 53.6 Å². The number of nitrogens with one attached hydrogen (secondary N) is 1. The van der Waals surface area contributed by atoms with Gasteiger partial charge < -0.3 is 9.88 Å². The topological polar surface area (TPSA) is 17.0 Å². The van der Waals surface area contributed by atoms with E-state index in [1.54, 1.807) is 0 Å². The molecule has 1 aromatic carbocycles. The second-order valence-corrected chi connectivity index (χ2v) is 9.73. The van der Waals surface area contributed by atoms with Crippen molar-refractivity contribution >= 4 is 17.3 Å². The monoisotopic (exact) mass is 480 g/mol. The Hall–Kier alpha value is -3.26. The number of anilines is 1. The quantitative estimate of drug-likeness (QED) is 0.282. The van der Waals surface area contributed by atoms with Crippen molar-refractivity contribution in [2.45, 2.75) is 77.8 Å². The molecule has 1 aromatic heterocycles. The molecular weight excluding hydrogens is 436 g/mol. The van der Waals surface area contributed by atoms with E-state index in [0.29, 0.717) is 6.04 Å². The fraction of sp³-hybridized carbons (Fsp3) is 0.353. The predicted octanol–water partition coefficient (Wildman–Crippen LogP) is 9.64. The number of aryl methyl sites for hydroxylation is 1. The molecule has 0 amide bonds. The van der Waals surface area contributed by atoms with Crippen LogP contribution in [-0.4, -0.2) is 10.6 Å². The van der Waals surface area contributed by atoms with Gasteiger partial charge in [-0.3, -0.25) is 0 Å². The van der Waals surface area contributed by atoms with Gasteiger partial charge in [-0.1, -0.05) is 101 Å². The lowest BCUT2D eigenvalue weighted by atomic mass is 9.90. The first kappa shape index (κ1) is 27.3. The summed E-state index contributed by atoms with van der Waals surface area (Å²) in [5, 5.41) is 3.82. The zero-order valence-electron chi connectivity index (χ0n) is 22.6. The number of allylic oxidation sites excluding steroid dienone is 6. The van der Waals surface area contributed by atoms with Crippen molar-refractivity contribution in [3.8, 4) is 0 Å². The van der Waals surface area contributed by atoms with Crippen LogP contribution in [0.4, 0.5) is 5.69 Å². The molecule has 3 rings (SSSR count). The van der Waals surface area contributed by atoms with Crippen molar-refractivity contribution in [2.24, 2.45) is 0 Å². The Morgan fingerprint density at radius 1 is 1.14 bits per heavy atom. The zero-order chi connectivity index (χ0) is 25.9. The molecule has 1 fully saturated rings. The van der Waals surface area contributed by atoms with Crippen LogP contribution < -0.4 is 5.32 Å². The van der Waals surface area contributed by atoms with Gasteiger partial charge in [-0.05, 0) is 67.9 Å². The van der Waals surface area contributed by atoms with E-state index in [9.17, 15) is 0 Å². The van der Waals surface area contributed by atoms with Crippen LogP contribution in [0.5, 0.6) is 0 Å². The highest BCUT2D eigenvalue weighted by atomic mass is 15.0. The van der Waals surface area contributed by atoms with Crippen molar-refractivity contribution in [1.82, 2.24) is 4.57 Å². The molecular formula is C34H44N2. The summed E-state index contributed by atoms with van der Waals surface area (Å²) in [5.41, 5.74) is 8.66. The van der Waals surface area contributed by atoms with E-state index in [-0.39, 0.29) is 6.04 Å². The van der Waals surface area contributed by atoms with Crippen molar-refractivity contribution in [2.75, 3.05) is 5.32 Å². The molecule has 2 nitrogen and oxygen atoms in total. The number of nitrogens with zero attached hydrogens (tertiary/aromatic N) is 1. The predicted molar refractivity (Wildman–Crippen MR) is 160 cm³/mol. The van der Waals surface area contributed by atoms with Gasteiger partial charge in [-0.25, -0.2) is 0 Å². The highest BCUT2D eigenvalue weighted by Gasteiger charge is 2.26. The molecule has 0 spiro atoms. The molecule has 0 saturated heterocycles. The first-order valence-corrected chi connectivity index (χ1v) is 13.6. The molecule has 0 aliphatic heterocycles. The number of rotatable bonds is 13. The lowest BCUT2D eigenvalue weighted by Gasteiger charge is -2.25. The summed E-state index contributed by atoms with van der Waals surface area (Å²) in [6.45, 7) is 19.2. The Kier molecular flexibility index (Phi) is 10.4. The summed E-state index contributed by atoms with van der Waals surface area (Å²) >= 11 is 0. The Morgan fingerprint density at radius 3 is 2.56 bits per heavy atom. The zero-order valence-corrected chi connectivity index (χ0v) is 22.6. The van der Waals surface area contributed by atoms with Crippen LogP contribution in [0.15, 0.2) is 92.2 Å². The maximum atomic E-state index is 4.73. The molecule has 1 atom stereocenters. The molecule has 36 heavy (non-hydrogen) atoms. The standard InChI is InChI=1S/C34H44N2/c1-7-11-13-19-28(17-9-3)34(35-29-20-16-18-26(5)24-29)27(6)32-25-36(30-21-14-15-22-30)33(10-4)31(32)23-12-8-2/h7,9,11-13,16-18,20,23-25,30,34-35H,1,3,6,8,10,14-15,19,21-22H2,2,4-5H3/b13-11+,23-12-,28-17+. The molecule has 0 radical (unpaired) electrons. The summed E-state index contributed by atoms with van der Waals surface area (Å²) in [6, 6.07) is 9.11. The van der Waals surface area contributed by atoms with Gasteiger partial charge in [-0.2, -0.15) is 0 Å². The molecule has 1 aliphatic rings.